The van der Waals surface area contributed by atoms with Gasteiger partial charge in [0, 0.05) is 39.6 Å². The van der Waals surface area contributed by atoms with Crippen LogP contribution in [0.1, 0.15) is 17.4 Å². The fourth-order valence-electron chi connectivity index (χ4n) is 3.99. The molecule has 1 aliphatic heterocycles. The summed E-state index contributed by atoms with van der Waals surface area (Å²) in [4.78, 5) is 14.1. The van der Waals surface area contributed by atoms with Crippen molar-refractivity contribution in [1.29, 1.82) is 0 Å². The Morgan fingerprint density at radius 3 is 2.97 bits per heavy atom. The van der Waals surface area contributed by atoms with Gasteiger partial charge in [-0.25, -0.2) is 4.98 Å². The smallest absolute Gasteiger partial charge is 0.130 e. The largest absolute Gasteiger partial charge is 0.391 e. The number of nitrogens with one attached hydrogen (secondary N) is 1. The van der Waals surface area contributed by atoms with Crippen LogP contribution in [0.3, 0.4) is 0 Å². The van der Waals surface area contributed by atoms with Gasteiger partial charge in [0.1, 0.15) is 17.0 Å². The second-order valence-electron chi connectivity index (χ2n) is 7.55. The van der Waals surface area contributed by atoms with Crippen molar-refractivity contribution in [2.45, 2.75) is 26.5 Å². The molecule has 0 spiro atoms. The van der Waals surface area contributed by atoms with Gasteiger partial charge in [-0.2, -0.15) is 5.10 Å². The molecule has 1 atom stereocenters. The molecule has 4 aromatic rings. The third-order valence-corrected chi connectivity index (χ3v) is 6.62. The summed E-state index contributed by atoms with van der Waals surface area (Å²) in [7, 11) is 0. The highest BCUT2D eigenvalue weighted by molar-refractivity contribution is 7.15. The van der Waals surface area contributed by atoms with Crippen LogP contribution in [0.2, 0.25) is 0 Å². The average Bonchev–Trinajstić information content (AvgIpc) is 3.46. The third kappa shape index (κ3) is 3.27. The Labute approximate surface area is 178 Å². The van der Waals surface area contributed by atoms with Crippen molar-refractivity contribution in [3.05, 3.63) is 47.1 Å². The van der Waals surface area contributed by atoms with Gasteiger partial charge in [0.25, 0.3) is 0 Å². The van der Waals surface area contributed by atoms with Crippen LogP contribution < -0.4 is 4.90 Å². The normalized spacial score (nSPS) is 17.0. The highest BCUT2D eigenvalue weighted by Gasteiger charge is 2.24. The molecule has 0 amide bonds. The van der Waals surface area contributed by atoms with Gasteiger partial charge in [0.2, 0.25) is 0 Å². The monoisotopic (exact) mass is 421 g/mol. The lowest BCUT2D eigenvalue weighted by atomic mass is 10.0. The number of hydrogen-bond donors (Lipinski definition) is 2. The molecule has 0 saturated carbocycles. The maximum atomic E-state index is 9.58. The van der Waals surface area contributed by atoms with E-state index < -0.39 is 0 Å². The molecule has 0 radical (unpaired) electrons. The number of morpholine rings is 1. The van der Waals surface area contributed by atoms with Crippen LogP contribution in [0.15, 0.2) is 36.7 Å². The molecule has 2 N–H and O–H groups in total. The minimum absolute atomic E-state index is 0.0426. The summed E-state index contributed by atoms with van der Waals surface area (Å²) in [6.07, 6.45) is 3.62. The van der Waals surface area contributed by atoms with Gasteiger partial charge in [-0.05, 0) is 43.7 Å². The van der Waals surface area contributed by atoms with E-state index in [0.717, 1.165) is 55.5 Å². The first-order valence-electron chi connectivity index (χ1n) is 10.00. The number of nitrogens with zero attached hydrogens (tertiary/aromatic N) is 4. The predicted molar refractivity (Wildman–Crippen MR) is 119 cm³/mol. The van der Waals surface area contributed by atoms with E-state index in [-0.39, 0.29) is 12.6 Å². The summed E-state index contributed by atoms with van der Waals surface area (Å²) in [6, 6.07) is 8.38. The number of H-pyrrole nitrogens is 1. The van der Waals surface area contributed by atoms with Gasteiger partial charge < -0.3 is 14.7 Å². The fourth-order valence-corrected chi connectivity index (χ4v) is 4.88. The highest BCUT2D eigenvalue weighted by atomic mass is 32.1. The zero-order valence-corrected chi connectivity index (χ0v) is 17.7. The van der Waals surface area contributed by atoms with Crippen molar-refractivity contribution in [3.63, 3.8) is 0 Å². The number of thiophene rings is 1. The Morgan fingerprint density at radius 2 is 2.23 bits per heavy atom. The Morgan fingerprint density at radius 1 is 1.33 bits per heavy atom. The van der Waals surface area contributed by atoms with Gasteiger partial charge >= 0.3 is 0 Å². The van der Waals surface area contributed by atoms with Crippen LogP contribution in [0.4, 0.5) is 5.82 Å². The van der Waals surface area contributed by atoms with Gasteiger partial charge in [-0.3, -0.25) is 10.1 Å². The minimum Gasteiger partial charge on any atom is -0.391 e. The molecule has 1 aliphatic rings. The molecule has 5 heterocycles. The molecule has 0 aliphatic carbocycles. The summed E-state index contributed by atoms with van der Waals surface area (Å²) in [6.45, 7) is 6.43. The number of pyridine rings is 2. The van der Waals surface area contributed by atoms with Crippen LogP contribution in [-0.4, -0.2) is 51.1 Å². The Kier molecular flexibility index (Phi) is 4.98. The van der Waals surface area contributed by atoms with E-state index in [1.54, 1.807) is 17.5 Å². The maximum Gasteiger partial charge on any atom is 0.130 e. The molecular weight excluding hydrogens is 398 g/mol. The molecule has 1 unspecified atom stereocenters. The van der Waals surface area contributed by atoms with E-state index in [2.05, 4.69) is 41.1 Å². The van der Waals surface area contributed by atoms with E-state index in [9.17, 15) is 5.11 Å². The van der Waals surface area contributed by atoms with Crippen LogP contribution in [-0.2, 0) is 11.3 Å². The van der Waals surface area contributed by atoms with E-state index in [0.29, 0.717) is 13.2 Å². The molecule has 30 heavy (non-hydrogen) atoms. The summed E-state index contributed by atoms with van der Waals surface area (Å²) < 4.78 is 5.63. The second kappa shape index (κ2) is 7.79. The number of hydrogen-bond acceptors (Lipinski definition) is 7. The molecule has 1 saturated heterocycles. The topological polar surface area (TPSA) is 87.2 Å². The first-order valence-corrected chi connectivity index (χ1v) is 10.8. The highest BCUT2D eigenvalue weighted by Crippen LogP contribution is 2.39. The number of aliphatic hydroxyl groups excluding tert-OH is 1. The first-order chi connectivity index (χ1) is 14.7. The summed E-state index contributed by atoms with van der Waals surface area (Å²) in [5.41, 5.74) is 4.66. The standard InChI is InChI=1S/C22H23N5O2S/c1-13-10-23-21(17-5-6-24-26-17)22-20(13)16(18-4-3-15(11-28)30-18)9-19(25-22)27-7-8-29-12-14(27)2/h3-6,9-10,14,28H,7-8,11-12H2,1-2H3,(H,24,26). The molecule has 1 fully saturated rings. The van der Waals surface area contributed by atoms with Crippen LogP contribution in [0, 0.1) is 6.92 Å². The average molecular weight is 422 g/mol. The number of aliphatic hydroxyl groups is 1. The number of ether oxygens (including phenoxy) is 1. The van der Waals surface area contributed by atoms with Gasteiger partial charge in [0.15, 0.2) is 0 Å². The number of anilines is 1. The molecule has 0 bridgehead atoms. The molecular formula is C22H23N5O2S. The molecule has 0 aromatic carbocycles. The summed E-state index contributed by atoms with van der Waals surface area (Å²) in [5, 5.41) is 17.8. The van der Waals surface area contributed by atoms with E-state index >= 15 is 0 Å². The maximum absolute atomic E-state index is 9.58. The van der Waals surface area contributed by atoms with Crippen LogP contribution in [0.25, 0.3) is 32.7 Å². The quantitative estimate of drug-likeness (QED) is 0.522. The summed E-state index contributed by atoms with van der Waals surface area (Å²) >= 11 is 1.61. The van der Waals surface area contributed by atoms with Gasteiger partial charge in [-0.15, -0.1) is 11.3 Å². The van der Waals surface area contributed by atoms with Crippen molar-refractivity contribution in [2.75, 3.05) is 24.7 Å². The van der Waals surface area contributed by atoms with Crippen molar-refractivity contribution >= 4 is 28.1 Å². The lowest BCUT2D eigenvalue weighted by Gasteiger charge is -2.34. The molecule has 4 aromatic heterocycles. The first kappa shape index (κ1) is 19.2. The number of aromatic nitrogens is 4. The van der Waals surface area contributed by atoms with E-state index in [1.165, 1.54) is 0 Å². The van der Waals surface area contributed by atoms with E-state index in [1.807, 2.05) is 18.3 Å². The molecule has 154 valence electrons. The SMILES string of the molecule is Cc1cnc(-c2ccn[nH]2)c2nc(N3CCOCC3C)cc(-c3ccc(CO)s3)c12. The molecule has 7 nitrogen and oxygen atoms in total. The minimum atomic E-state index is 0.0426. The predicted octanol–water partition coefficient (Wildman–Crippen LogP) is 3.77. The zero-order chi connectivity index (χ0) is 20.7. The fraction of sp³-hybridized carbons (Fsp3) is 0.318. The number of aromatic amines is 1. The number of rotatable bonds is 4. The Balaban J connectivity index is 1.80. The Hall–Kier alpha value is -2.81. The number of aryl methyl sites for hydroxylation is 1. The second-order valence-corrected chi connectivity index (χ2v) is 8.72. The van der Waals surface area contributed by atoms with Gasteiger partial charge in [-0.1, -0.05) is 0 Å². The zero-order valence-electron chi connectivity index (χ0n) is 16.9. The van der Waals surface area contributed by atoms with Crippen LogP contribution >= 0.6 is 11.3 Å². The molecule has 8 heteroatoms. The van der Waals surface area contributed by atoms with Crippen molar-refractivity contribution in [1.82, 2.24) is 20.2 Å². The third-order valence-electron chi connectivity index (χ3n) is 5.51. The van der Waals surface area contributed by atoms with E-state index in [4.69, 9.17) is 14.7 Å². The van der Waals surface area contributed by atoms with Crippen molar-refractivity contribution in [3.8, 4) is 21.8 Å². The van der Waals surface area contributed by atoms with Crippen LogP contribution in [0.5, 0.6) is 0 Å². The lowest BCUT2D eigenvalue weighted by Crippen LogP contribution is -2.44. The Bertz CT molecular complexity index is 1190. The van der Waals surface area contributed by atoms with Gasteiger partial charge in [0.05, 0.1) is 31.6 Å². The molecule has 5 rings (SSSR count). The lowest BCUT2D eigenvalue weighted by molar-refractivity contribution is 0.0986. The summed E-state index contributed by atoms with van der Waals surface area (Å²) in [5.74, 6) is 0.917. The number of fused-ring (bicyclic) bond motifs is 1. The van der Waals surface area contributed by atoms with Crippen molar-refractivity contribution in [2.24, 2.45) is 0 Å². The van der Waals surface area contributed by atoms with Crippen molar-refractivity contribution < 1.29 is 9.84 Å².